The van der Waals surface area contributed by atoms with Crippen LogP contribution < -0.4 is 0 Å². The highest BCUT2D eigenvalue weighted by Gasteiger charge is 1.83. The Morgan fingerprint density at radius 1 is 0.636 bits per heavy atom. The lowest BCUT2D eigenvalue weighted by Crippen LogP contribution is -1.73. The number of halogens is 2. The quantitative estimate of drug-likeness (QED) is 0.616. The number of unbranched alkanes of at least 4 members (excludes halogenated alkanes) is 5. The molecule has 0 bridgehead atoms. The molecule has 0 aromatic carbocycles. The summed E-state index contributed by atoms with van der Waals surface area (Å²) in [6.45, 7) is 4.51. The summed E-state index contributed by atoms with van der Waals surface area (Å²) in [6, 6.07) is 0. The van der Waals surface area contributed by atoms with Crippen LogP contribution >= 0.6 is 24.8 Å². The molecule has 0 amide bonds. The zero-order valence-electron chi connectivity index (χ0n) is 7.56. The second-order valence-corrected chi connectivity index (χ2v) is 2.41. The van der Waals surface area contributed by atoms with Gasteiger partial charge >= 0.3 is 0 Å². The molecule has 0 aliphatic carbocycles. The van der Waals surface area contributed by atoms with Gasteiger partial charge in [-0.05, 0) is 0 Å². The molecule has 0 unspecified atom stereocenters. The van der Waals surface area contributed by atoms with Crippen molar-refractivity contribution in [2.24, 2.45) is 0 Å². The molecule has 0 rings (SSSR count). The molecule has 0 spiro atoms. The predicted molar refractivity (Wildman–Crippen MR) is 57.2 cm³/mol. The standard InChI is InChI=1S/C8H18.2ClH.H2O/c1-3-5-7-8-6-4-2;;;/h3-8H2,1-2H3;2*1H;1H2. The third-order valence-electron chi connectivity index (χ3n) is 1.46. The molecule has 1 nitrogen and oxygen atoms in total. The van der Waals surface area contributed by atoms with E-state index in [-0.39, 0.29) is 30.3 Å². The molecule has 0 saturated heterocycles. The lowest BCUT2D eigenvalue weighted by Gasteiger charge is -1.93. The summed E-state index contributed by atoms with van der Waals surface area (Å²) in [6.07, 6.45) is 8.49. The number of hydrogen-bond donors (Lipinski definition) is 0. The SMILES string of the molecule is CCCCCCCC.Cl.Cl.O. The maximum Gasteiger partial charge on any atom is -0.0533 e. The maximum atomic E-state index is 2.26. The van der Waals surface area contributed by atoms with Gasteiger partial charge in [0, 0.05) is 0 Å². The summed E-state index contributed by atoms with van der Waals surface area (Å²) >= 11 is 0. The fraction of sp³-hybridized carbons (Fsp3) is 1.00. The summed E-state index contributed by atoms with van der Waals surface area (Å²) in [7, 11) is 0. The highest BCUT2D eigenvalue weighted by molar-refractivity contribution is 5.85. The largest absolute Gasteiger partial charge is 0.412 e. The lowest BCUT2D eigenvalue weighted by atomic mass is 10.1. The molecule has 2 N–H and O–H groups in total. The monoisotopic (exact) mass is 204 g/mol. The smallest absolute Gasteiger partial charge is 0.0533 e. The van der Waals surface area contributed by atoms with E-state index < -0.39 is 0 Å². The van der Waals surface area contributed by atoms with E-state index in [1.807, 2.05) is 0 Å². The van der Waals surface area contributed by atoms with Gasteiger partial charge in [0.15, 0.2) is 0 Å². The molecule has 11 heavy (non-hydrogen) atoms. The van der Waals surface area contributed by atoms with Crippen LogP contribution in [0.3, 0.4) is 0 Å². The summed E-state index contributed by atoms with van der Waals surface area (Å²) in [5.41, 5.74) is 0. The Balaban J connectivity index is -0.0000000817. The second-order valence-electron chi connectivity index (χ2n) is 2.41. The first-order valence-electron chi connectivity index (χ1n) is 3.91. The molecule has 0 saturated carbocycles. The van der Waals surface area contributed by atoms with Crippen molar-refractivity contribution in [3.8, 4) is 0 Å². The van der Waals surface area contributed by atoms with Crippen LogP contribution in [0.15, 0.2) is 0 Å². The summed E-state index contributed by atoms with van der Waals surface area (Å²) in [5, 5.41) is 0. The van der Waals surface area contributed by atoms with Gasteiger partial charge in [0.25, 0.3) is 0 Å². The van der Waals surface area contributed by atoms with Crippen molar-refractivity contribution in [2.45, 2.75) is 52.4 Å². The molecule has 0 aromatic heterocycles. The first-order chi connectivity index (χ1) is 3.91. The van der Waals surface area contributed by atoms with E-state index in [2.05, 4.69) is 13.8 Å². The van der Waals surface area contributed by atoms with Crippen LogP contribution in [-0.2, 0) is 0 Å². The first-order valence-corrected chi connectivity index (χ1v) is 3.91. The van der Waals surface area contributed by atoms with Crippen LogP contribution in [0.2, 0.25) is 0 Å². The van der Waals surface area contributed by atoms with Crippen molar-refractivity contribution >= 4 is 24.8 Å². The van der Waals surface area contributed by atoms with Gasteiger partial charge in [-0.3, -0.25) is 0 Å². The maximum absolute atomic E-state index is 2.26. The molecular weight excluding hydrogens is 183 g/mol. The van der Waals surface area contributed by atoms with Gasteiger partial charge in [0.05, 0.1) is 0 Å². The first kappa shape index (κ1) is 22.5. The van der Waals surface area contributed by atoms with E-state index in [9.17, 15) is 0 Å². The van der Waals surface area contributed by atoms with Crippen molar-refractivity contribution in [3.05, 3.63) is 0 Å². The Hall–Kier alpha value is 0.540. The van der Waals surface area contributed by atoms with Crippen LogP contribution in [0.4, 0.5) is 0 Å². The molecular formula is C8H22Cl2O. The lowest BCUT2D eigenvalue weighted by molar-refractivity contribution is 0.624. The van der Waals surface area contributed by atoms with Crippen molar-refractivity contribution in [2.75, 3.05) is 0 Å². The molecule has 0 fully saturated rings. The van der Waals surface area contributed by atoms with Gasteiger partial charge in [-0.2, -0.15) is 0 Å². The van der Waals surface area contributed by atoms with E-state index in [0.29, 0.717) is 0 Å². The molecule has 0 aromatic rings. The average molecular weight is 205 g/mol. The Morgan fingerprint density at radius 3 is 1.09 bits per heavy atom. The van der Waals surface area contributed by atoms with Crippen LogP contribution in [0.1, 0.15) is 52.4 Å². The summed E-state index contributed by atoms with van der Waals surface area (Å²) in [5.74, 6) is 0. The van der Waals surface area contributed by atoms with Crippen molar-refractivity contribution in [1.29, 1.82) is 0 Å². The number of rotatable bonds is 5. The molecule has 0 atom stereocenters. The van der Waals surface area contributed by atoms with Crippen molar-refractivity contribution in [1.82, 2.24) is 0 Å². The highest BCUT2D eigenvalue weighted by atomic mass is 35.5. The molecule has 0 radical (unpaired) electrons. The molecule has 3 heteroatoms. The topological polar surface area (TPSA) is 31.5 Å². The van der Waals surface area contributed by atoms with E-state index in [0.717, 1.165) is 0 Å². The third kappa shape index (κ3) is 25.0. The fourth-order valence-electron chi connectivity index (χ4n) is 0.854. The zero-order chi connectivity index (χ0) is 6.24. The molecule has 0 aliphatic rings. The second kappa shape index (κ2) is 22.4. The van der Waals surface area contributed by atoms with Crippen molar-refractivity contribution < 1.29 is 5.48 Å². The van der Waals surface area contributed by atoms with E-state index in [4.69, 9.17) is 0 Å². The Kier molecular flexibility index (Phi) is 46.0. The summed E-state index contributed by atoms with van der Waals surface area (Å²) < 4.78 is 0. The van der Waals surface area contributed by atoms with Crippen LogP contribution in [0.25, 0.3) is 0 Å². The summed E-state index contributed by atoms with van der Waals surface area (Å²) in [4.78, 5) is 0. The van der Waals surface area contributed by atoms with Crippen LogP contribution in [0, 0.1) is 0 Å². The van der Waals surface area contributed by atoms with Crippen molar-refractivity contribution in [3.63, 3.8) is 0 Å². The van der Waals surface area contributed by atoms with E-state index in [1.165, 1.54) is 38.5 Å². The van der Waals surface area contributed by atoms with Gasteiger partial charge in [0.2, 0.25) is 0 Å². The normalized spacial score (nSPS) is 7.09. The molecule has 0 heterocycles. The average Bonchev–Trinajstić information content (AvgIpc) is 1.81. The zero-order valence-corrected chi connectivity index (χ0v) is 9.19. The minimum Gasteiger partial charge on any atom is -0.412 e. The van der Waals surface area contributed by atoms with Gasteiger partial charge < -0.3 is 5.48 Å². The van der Waals surface area contributed by atoms with Gasteiger partial charge in [-0.15, -0.1) is 24.8 Å². The minimum absolute atomic E-state index is 0. The molecule has 74 valence electrons. The Labute approximate surface area is 83.1 Å². The Morgan fingerprint density at radius 2 is 0.909 bits per heavy atom. The third-order valence-corrected chi connectivity index (χ3v) is 1.46. The van der Waals surface area contributed by atoms with E-state index in [1.54, 1.807) is 0 Å². The predicted octanol–water partition coefficient (Wildman–Crippen LogP) is 3.39. The van der Waals surface area contributed by atoms with Gasteiger partial charge in [-0.1, -0.05) is 52.4 Å². The Bertz CT molecular complexity index is 37.1. The van der Waals surface area contributed by atoms with Crippen LogP contribution in [0.5, 0.6) is 0 Å². The fourth-order valence-corrected chi connectivity index (χ4v) is 0.854. The highest BCUT2D eigenvalue weighted by Crippen LogP contribution is 2.03. The van der Waals surface area contributed by atoms with E-state index >= 15 is 0 Å². The number of hydrogen-bond acceptors (Lipinski definition) is 0. The molecule has 0 aliphatic heterocycles. The van der Waals surface area contributed by atoms with Crippen LogP contribution in [-0.4, -0.2) is 5.48 Å². The minimum atomic E-state index is 0. The van der Waals surface area contributed by atoms with Gasteiger partial charge in [0.1, 0.15) is 0 Å². The van der Waals surface area contributed by atoms with Gasteiger partial charge in [-0.25, -0.2) is 0 Å².